The Morgan fingerprint density at radius 2 is 1.80 bits per heavy atom. The van der Waals surface area contributed by atoms with E-state index in [2.05, 4.69) is 25.1 Å². The smallest absolute Gasteiger partial charge is 0.447 e. The molecule has 9 nitrogen and oxygen atoms in total. The van der Waals surface area contributed by atoms with Crippen molar-refractivity contribution in [3.05, 3.63) is 47.5 Å². The topological polar surface area (TPSA) is 108 Å². The molecule has 0 aliphatic rings. The number of anilines is 1. The first-order valence-electron chi connectivity index (χ1n) is 8.60. The fourth-order valence-electron chi connectivity index (χ4n) is 2.50. The van der Waals surface area contributed by atoms with Crippen LogP contribution in [-0.2, 0) is 9.53 Å². The van der Waals surface area contributed by atoms with Gasteiger partial charge in [-0.15, -0.1) is 18.3 Å². The van der Waals surface area contributed by atoms with E-state index in [9.17, 15) is 22.8 Å². The molecule has 0 bridgehead atoms. The number of ether oxygens (including phenoxy) is 2. The predicted octanol–water partition coefficient (Wildman–Crippen LogP) is 2.82. The zero-order chi connectivity index (χ0) is 22.1. The van der Waals surface area contributed by atoms with Crippen LogP contribution in [0.15, 0.2) is 30.3 Å². The van der Waals surface area contributed by atoms with Crippen LogP contribution < -0.4 is 10.1 Å². The molecular weight excluding hydrogens is 407 g/mol. The van der Waals surface area contributed by atoms with Gasteiger partial charge in [-0.3, -0.25) is 4.79 Å². The Hall–Kier alpha value is -3.70. The third-order valence-corrected chi connectivity index (χ3v) is 3.81. The summed E-state index contributed by atoms with van der Waals surface area (Å²) in [6.07, 6.45) is -6.03. The van der Waals surface area contributed by atoms with Gasteiger partial charge in [-0.2, -0.15) is 4.98 Å². The van der Waals surface area contributed by atoms with Crippen molar-refractivity contribution < 1.29 is 32.2 Å². The minimum absolute atomic E-state index is 0.193. The van der Waals surface area contributed by atoms with E-state index >= 15 is 0 Å². The molecule has 158 valence electrons. The number of aromatic nitrogens is 4. The Labute approximate surface area is 167 Å². The summed E-state index contributed by atoms with van der Waals surface area (Å²) in [5.74, 6) is -2.09. The summed E-state index contributed by atoms with van der Waals surface area (Å²) in [6.45, 7) is 4.87. The minimum Gasteiger partial charge on any atom is -0.447 e. The summed E-state index contributed by atoms with van der Waals surface area (Å²) in [7, 11) is 0. The van der Waals surface area contributed by atoms with Gasteiger partial charge in [0.05, 0.1) is 0 Å². The molecule has 12 heteroatoms. The number of fused-ring (bicyclic) bond motifs is 1. The van der Waals surface area contributed by atoms with Crippen molar-refractivity contribution >= 4 is 23.3 Å². The molecule has 1 aromatic carbocycles. The van der Waals surface area contributed by atoms with Gasteiger partial charge in [-0.25, -0.2) is 14.3 Å². The molecule has 1 N–H and O–H groups in total. The van der Waals surface area contributed by atoms with Crippen LogP contribution in [0.4, 0.5) is 18.9 Å². The quantitative estimate of drug-likeness (QED) is 0.629. The second-order valence-corrected chi connectivity index (χ2v) is 6.30. The minimum atomic E-state index is -4.81. The van der Waals surface area contributed by atoms with Crippen molar-refractivity contribution in [3.63, 3.8) is 0 Å². The molecule has 1 atom stereocenters. The Bertz CT molecular complexity index is 1100. The lowest BCUT2D eigenvalue weighted by atomic mass is 10.3. The molecule has 2 aromatic heterocycles. The van der Waals surface area contributed by atoms with E-state index in [1.165, 1.54) is 23.6 Å². The molecule has 3 aromatic rings. The average Bonchev–Trinajstić information content (AvgIpc) is 3.06. The van der Waals surface area contributed by atoms with E-state index < -0.39 is 30.1 Å². The Morgan fingerprint density at radius 1 is 1.13 bits per heavy atom. The SMILES string of the molecule is Cc1cc(C)n2nc(C(=O)OC(C)C(=O)Nc3ccc(OC(F)(F)F)cc3)nc2n1. The third kappa shape index (κ3) is 5.01. The maximum Gasteiger partial charge on any atom is 0.573 e. The van der Waals surface area contributed by atoms with Gasteiger partial charge >= 0.3 is 12.3 Å². The van der Waals surface area contributed by atoms with Gasteiger partial charge in [0.15, 0.2) is 6.10 Å². The lowest BCUT2D eigenvalue weighted by Crippen LogP contribution is -2.30. The maximum absolute atomic E-state index is 12.3. The Morgan fingerprint density at radius 3 is 2.43 bits per heavy atom. The summed E-state index contributed by atoms with van der Waals surface area (Å²) in [5, 5.41) is 6.44. The largest absolute Gasteiger partial charge is 0.573 e. The molecule has 0 fully saturated rings. The van der Waals surface area contributed by atoms with Crippen LogP contribution in [0, 0.1) is 13.8 Å². The van der Waals surface area contributed by atoms with Gasteiger partial charge < -0.3 is 14.8 Å². The number of halogens is 3. The van der Waals surface area contributed by atoms with Gasteiger partial charge in [-0.1, -0.05) is 0 Å². The van der Waals surface area contributed by atoms with Crippen molar-refractivity contribution in [1.82, 2.24) is 19.6 Å². The first-order chi connectivity index (χ1) is 14.0. The van der Waals surface area contributed by atoms with Gasteiger partial charge in [0.25, 0.3) is 17.5 Å². The first-order valence-corrected chi connectivity index (χ1v) is 8.60. The number of rotatable bonds is 5. The zero-order valence-electron chi connectivity index (χ0n) is 16.0. The number of aryl methyl sites for hydroxylation is 2. The number of alkyl halides is 3. The lowest BCUT2D eigenvalue weighted by Gasteiger charge is -2.13. The highest BCUT2D eigenvalue weighted by atomic mass is 19.4. The van der Waals surface area contributed by atoms with Gasteiger partial charge in [0.1, 0.15) is 5.75 Å². The Balaban J connectivity index is 1.62. The molecule has 30 heavy (non-hydrogen) atoms. The molecule has 0 saturated heterocycles. The molecule has 0 aliphatic heterocycles. The highest BCUT2D eigenvalue weighted by Gasteiger charge is 2.31. The van der Waals surface area contributed by atoms with Crippen molar-refractivity contribution in [2.45, 2.75) is 33.2 Å². The molecule has 3 rings (SSSR count). The number of nitrogens with one attached hydrogen (secondary N) is 1. The number of amides is 1. The molecule has 0 aliphatic carbocycles. The number of nitrogens with zero attached hydrogens (tertiary/aromatic N) is 4. The van der Waals surface area contributed by atoms with E-state index in [0.717, 1.165) is 12.1 Å². The summed E-state index contributed by atoms with van der Waals surface area (Å²) in [6, 6.07) is 6.27. The molecule has 0 saturated carbocycles. The number of hydrogen-bond donors (Lipinski definition) is 1. The van der Waals surface area contributed by atoms with Crippen LogP contribution in [0.2, 0.25) is 0 Å². The molecule has 1 unspecified atom stereocenters. The van der Waals surface area contributed by atoms with Crippen LogP contribution in [0.5, 0.6) is 5.75 Å². The summed E-state index contributed by atoms with van der Waals surface area (Å²) in [4.78, 5) is 32.6. The molecule has 0 radical (unpaired) electrons. The van der Waals surface area contributed by atoms with Crippen molar-refractivity contribution in [2.75, 3.05) is 5.32 Å². The summed E-state index contributed by atoms with van der Waals surface area (Å²) >= 11 is 0. The second kappa shape index (κ2) is 7.97. The highest BCUT2D eigenvalue weighted by molar-refractivity contribution is 5.96. The Kier molecular flexibility index (Phi) is 5.58. The predicted molar refractivity (Wildman–Crippen MR) is 96.9 cm³/mol. The van der Waals surface area contributed by atoms with Gasteiger partial charge in [-0.05, 0) is 51.1 Å². The van der Waals surface area contributed by atoms with E-state index in [1.807, 2.05) is 0 Å². The number of carbonyl (C=O) groups excluding carboxylic acids is 2. The van der Waals surface area contributed by atoms with Crippen LogP contribution in [0.25, 0.3) is 5.78 Å². The fraction of sp³-hybridized carbons (Fsp3) is 0.278. The summed E-state index contributed by atoms with van der Waals surface area (Å²) < 4.78 is 46.7. The van der Waals surface area contributed by atoms with Crippen molar-refractivity contribution in [1.29, 1.82) is 0 Å². The highest BCUT2D eigenvalue weighted by Crippen LogP contribution is 2.24. The molecule has 2 heterocycles. The third-order valence-electron chi connectivity index (χ3n) is 3.81. The molecular formula is C18H16F3N5O4. The lowest BCUT2D eigenvalue weighted by molar-refractivity contribution is -0.274. The number of esters is 1. The normalized spacial score (nSPS) is 12.5. The van der Waals surface area contributed by atoms with Crippen LogP contribution >= 0.6 is 0 Å². The van der Waals surface area contributed by atoms with Crippen molar-refractivity contribution in [2.24, 2.45) is 0 Å². The average molecular weight is 423 g/mol. The zero-order valence-corrected chi connectivity index (χ0v) is 16.0. The first kappa shape index (κ1) is 21.0. The van der Waals surface area contributed by atoms with Gasteiger partial charge in [0, 0.05) is 17.1 Å². The monoisotopic (exact) mass is 423 g/mol. The molecule has 0 spiro atoms. The van der Waals surface area contributed by atoms with E-state index in [0.29, 0.717) is 11.4 Å². The van der Waals surface area contributed by atoms with E-state index in [-0.39, 0.29) is 17.3 Å². The van der Waals surface area contributed by atoms with Crippen molar-refractivity contribution in [3.8, 4) is 5.75 Å². The fourth-order valence-corrected chi connectivity index (χ4v) is 2.50. The second-order valence-electron chi connectivity index (χ2n) is 6.30. The number of hydrogen-bond acceptors (Lipinski definition) is 7. The standard InChI is InChI=1S/C18H16F3N5O4/c1-9-8-10(2)26-17(22-9)24-14(25-26)16(28)29-11(3)15(27)23-12-4-6-13(7-5-12)30-18(19,20)21/h4-8,11H,1-3H3,(H,23,27). The van der Waals surface area contributed by atoms with Gasteiger partial charge in [0.2, 0.25) is 0 Å². The molecule has 1 amide bonds. The number of carbonyl (C=O) groups is 2. The maximum atomic E-state index is 12.3. The van der Waals surface area contributed by atoms with Crippen LogP contribution in [0.3, 0.4) is 0 Å². The van der Waals surface area contributed by atoms with Crippen LogP contribution in [0.1, 0.15) is 28.9 Å². The summed E-state index contributed by atoms with van der Waals surface area (Å²) in [5.41, 5.74) is 1.61. The van der Waals surface area contributed by atoms with E-state index in [1.54, 1.807) is 19.9 Å². The van der Waals surface area contributed by atoms with Crippen LogP contribution in [-0.4, -0.2) is 43.9 Å². The number of benzene rings is 1. The van der Waals surface area contributed by atoms with E-state index in [4.69, 9.17) is 4.74 Å².